The number of para-hydroxylation sites is 1. The number of carbonyl (C=O) groups excluding carboxylic acids is 2. The molecule has 2 amide bonds. The largest absolute Gasteiger partial charge is 0.465 e. The van der Waals surface area contributed by atoms with Gasteiger partial charge < -0.3 is 15.1 Å². The van der Waals surface area contributed by atoms with E-state index in [1.807, 2.05) is 20.8 Å². The Bertz CT molecular complexity index is 710. The number of carbonyl (C=O) groups is 2. The van der Waals surface area contributed by atoms with Crippen LogP contribution in [-0.2, 0) is 4.79 Å². The molecule has 0 atom stereocenters. The van der Waals surface area contributed by atoms with Gasteiger partial charge in [-0.3, -0.25) is 9.59 Å². The van der Waals surface area contributed by atoms with Crippen molar-refractivity contribution in [2.24, 2.45) is 0 Å². The van der Waals surface area contributed by atoms with Crippen molar-refractivity contribution in [2.45, 2.75) is 26.3 Å². The molecule has 0 bridgehead atoms. The van der Waals surface area contributed by atoms with Crippen LogP contribution >= 0.6 is 0 Å². The molecular weight excluding hydrogens is 292 g/mol. The number of rotatable bonds is 4. The zero-order valence-corrected chi connectivity index (χ0v) is 13.4. The van der Waals surface area contributed by atoms with Gasteiger partial charge in [0.15, 0.2) is 0 Å². The Morgan fingerprint density at radius 2 is 1.83 bits per heavy atom. The van der Waals surface area contributed by atoms with Crippen LogP contribution < -0.4 is 10.6 Å². The van der Waals surface area contributed by atoms with Crippen LogP contribution in [0.3, 0.4) is 0 Å². The topological polar surface area (TPSA) is 71.3 Å². The molecule has 5 heteroatoms. The lowest BCUT2D eigenvalue weighted by Gasteiger charge is -2.21. The highest BCUT2D eigenvalue weighted by Gasteiger charge is 2.18. The maximum atomic E-state index is 12.3. The Morgan fingerprint density at radius 1 is 1.09 bits per heavy atom. The molecule has 1 aromatic carbocycles. The van der Waals surface area contributed by atoms with Gasteiger partial charge in [0.05, 0.1) is 17.5 Å². The molecule has 0 unspecified atom stereocenters. The van der Waals surface area contributed by atoms with Gasteiger partial charge in [-0.05, 0) is 51.1 Å². The van der Waals surface area contributed by atoms with Gasteiger partial charge in [-0.1, -0.05) is 12.1 Å². The maximum Gasteiger partial charge on any atom is 0.253 e. The van der Waals surface area contributed by atoms with Crippen molar-refractivity contribution in [1.82, 2.24) is 5.32 Å². The van der Waals surface area contributed by atoms with Crippen molar-refractivity contribution in [3.05, 3.63) is 60.1 Å². The van der Waals surface area contributed by atoms with Crippen LogP contribution in [0.4, 0.5) is 5.69 Å². The van der Waals surface area contributed by atoms with Gasteiger partial charge in [-0.15, -0.1) is 0 Å². The van der Waals surface area contributed by atoms with Gasteiger partial charge >= 0.3 is 0 Å². The van der Waals surface area contributed by atoms with Crippen molar-refractivity contribution < 1.29 is 14.0 Å². The summed E-state index contributed by atoms with van der Waals surface area (Å²) in [6.07, 6.45) is 4.45. The third-order valence-electron chi connectivity index (χ3n) is 2.86. The molecule has 0 aliphatic carbocycles. The van der Waals surface area contributed by atoms with Crippen LogP contribution in [0.5, 0.6) is 0 Å². The lowest BCUT2D eigenvalue weighted by molar-refractivity contribution is -0.111. The molecule has 0 saturated heterocycles. The van der Waals surface area contributed by atoms with Crippen LogP contribution in [0.25, 0.3) is 6.08 Å². The van der Waals surface area contributed by atoms with Crippen molar-refractivity contribution >= 4 is 23.6 Å². The smallest absolute Gasteiger partial charge is 0.253 e. The number of nitrogens with one attached hydrogen (secondary N) is 2. The van der Waals surface area contributed by atoms with Gasteiger partial charge in [-0.25, -0.2) is 0 Å². The highest BCUT2D eigenvalue weighted by Crippen LogP contribution is 2.16. The van der Waals surface area contributed by atoms with Crippen LogP contribution in [0.1, 0.15) is 36.9 Å². The van der Waals surface area contributed by atoms with Crippen molar-refractivity contribution in [3.8, 4) is 0 Å². The number of furan rings is 1. The second-order valence-electron chi connectivity index (χ2n) is 6.09. The molecular formula is C18H20N2O3. The van der Waals surface area contributed by atoms with E-state index in [9.17, 15) is 9.59 Å². The van der Waals surface area contributed by atoms with Crippen molar-refractivity contribution in [3.63, 3.8) is 0 Å². The SMILES string of the molecule is CC(C)(C)NC(=O)c1ccccc1NC(=O)/C=C/c1ccco1. The maximum absolute atomic E-state index is 12.3. The van der Waals surface area contributed by atoms with Crippen LogP contribution in [-0.4, -0.2) is 17.4 Å². The van der Waals surface area contributed by atoms with E-state index in [1.54, 1.807) is 42.5 Å². The van der Waals surface area contributed by atoms with E-state index < -0.39 is 0 Å². The molecule has 1 heterocycles. The molecule has 23 heavy (non-hydrogen) atoms. The third-order valence-corrected chi connectivity index (χ3v) is 2.86. The molecule has 1 aromatic heterocycles. The minimum Gasteiger partial charge on any atom is -0.465 e. The highest BCUT2D eigenvalue weighted by molar-refractivity contribution is 6.07. The molecule has 0 aliphatic heterocycles. The molecule has 0 radical (unpaired) electrons. The fourth-order valence-electron chi connectivity index (χ4n) is 1.92. The molecule has 2 N–H and O–H groups in total. The van der Waals surface area contributed by atoms with E-state index in [-0.39, 0.29) is 17.4 Å². The zero-order valence-electron chi connectivity index (χ0n) is 13.4. The van der Waals surface area contributed by atoms with E-state index in [2.05, 4.69) is 10.6 Å². The molecule has 0 aliphatic rings. The summed E-state index contributed by atoms with van der Waals surface area (Å²) >= 11 is 0. The summed E-state index contributed by atoms with van der Waals surface area (Å²) in [4.78, 5) is 24.3. The summed E-state index contributed by atoms with van der Waals surface area (Å²) in [5.74, 6) is 0.0136. The van der Waals surface area contributed by atoms with Crippen molar-refractivity contribution in [2.75, 3.05) is 5.32 Å². The molecule has 0 fully saturated rings. The fourth-order valence-corrected chi connectivity index (χ4v) is 1.92. The lowest BCUT2D eigenvalue weighted by atomic mass is 10.1. The second kappa shape index (κ2) is 6.96. The Kier molecular flexibility index (Phi) is 5.01. The number of hydrogen-bond acceptors (Lipinski definition) is 3. The molecule has 5 nitrogen and oxygen atoms in total. The zero-order chi connectivity index (χ0) is 16.9. The number of benzene rings is 1. The molecule has 120 valence electrons. The predicted octanol–water partition coefficient (Wildman–Crippen LogP) is 3.46. The Morgan fingerprint density at radius 3 is 2.48 bits per heavy atom. The van der Waals surface area contributed by atoms with Gasteiger partial charge in [0.1, 0.15) is 5.76 Å². The van der Waals surface area contributed by atoms with E-state index in [0.717, 1.165) is 0 Å². The molecule has 2 rings (SSSR count). The van der Waals surface area contributed by atoms with E-state index >= 15 is 0 Å². The monoisotopic (exact) mass is 312 g/mol. The summed E-state index contributed by atoms with van der Waals surface area (Å²) in [5, 5.41) is 5.59. The first kappa shape index (κ1) is 16.5. The number of amides is 2. The summed E-state index contributed by atoms with van der Waals surface area (Å²) in [6.45, 7) is 5.70. The van der Waals surface area contributed by atoms with E-state index in [1.165, 1.54) is 12.3 Å². The normalized spacial score (nSPS) is 11.4. The standard InChI is InChI=1S/C18H20N2O3/c1-18(2,3)20-17(22)14-8-4-5-9-15(14)19-16(21)11-10-13-7-6-12-23-13/h4-12H,1-3H3,(H,19,21)(H,20,22)/b11-10+. The first-order valence-corrected chi connectivity index (χ1v) is 7.29. The summed E-state index contributed by atoms with van der Waals surface area (Å²) in [7, 11) is 0. The van der Waals surface area contributed by atoms with Crippen LogP contribution in [0.2, 0.25) is 0 Å². The minimum absolute atomic E-state index is 0.233. The Labute approximate surface area is 135 Å². The molecule has 0 spiro atoms. The quantitative estimate of drug-likeness (QED) is 0.849. The third kappa shape index (κ3) is 5.14. The van der Waals surface area contributed by atoms with Crippen LogP contribution in [0, 0.1) is 0 Å². The fraction of sp³-hybridized carbons (Fsp3) is 0.222. The number of hydrogen-bond donors (Lipinski definition) is 2. The minimum atomic E-state index is -0.354. The lowest BCUT2D eigenvalue weighted by Crippen LogP contribution is -2.40. The summed E-state index contributed by atoms with van der Waals surface area (Å²) in [6, 6.07) is 10.4. The first-order chi connectivity index (χ1) is 10.8. The first-order valence-electron chi connectivity index (χ1n) is 7.29. The second-order valence-corrected chi connectivity index (χ2v) is 6.09. The summed E-state index contributed by atoms with van der Waals surface area (Å²) in [5.41, 5.74) is 0.526. The number of anilines is 1. The van der Waals surface area contributed by atoms with E-state index in [4.69, 9.17) is 4.42 Å². The van der Waals surface area contributed by atoms with Gasteiger partial charge in [0, 0.05) is 11.6 Å². The summed E-state index contributed by atoms with van der Waals surface area (Å²) < 4.78 is 5.12. The molecule has 2 aromatic rings. The molecule has 0 saturated carbocycles. The Balaban J connectivity index is 2.11. The predicted molar refractivity (Wildman–Crippen MR) is 90.0 cm³/mol. The van der Waals surface area contributed by atoms with Gasteiger partial charge in [0.25, 0.3) is 5.91 Å². The van der Waals surface area contributed by atoms with Gasteiger partial charge in [0.2, 0.25) is 5.91 Å². The van der Waals surface area contributed by atoms with Gasteiger partial charge in [-0.2, -0.15) is 0 Å². The average molecular weight is 312 g/mol. The Hall–Kier alpha value is -2.82. The highest BCUT2D eigenvalue weighted by atomic mass is 16.3. The van der Waals surface area contributed by atoms with Crippen LogP contribution in [0.15, 0.2) is 53.2 Å². The van der Waals surface area contributed by atoms with E-state index in [0.29, 0.717) is 17.0 Å². The average Bonchev–Trinajstić information content (AvgIpc) is 2.97. The van der Waals surface area contributed by atoms with Crippen molar-refractivity contribution in [1.29, 1.82) is 0 Å².